The number of hydrogen-bond acceptors (Lipinski definition) is 5. The van der Waals surface area contributed by atoms with Crippen molar-refractivity contribution >= 4 is 5.91 Å². The second-order valence-electron chi connectivity index (χ2n) is 6.09. The van der Waals surface area contributed by atoms with Crippen molar-refractivity contribution in [2.24, 2.45) is 7.05 Å². The van der Waals surface area contributed by atoms with Crippen molar-refractivity contribution in [3.8, 4) is 17.0 Å². The van der Waals surface area contributed by atoms with E-state index in [4.69, 9.17) is 9.47 Å². The van der Waals surface area contributed by atoms with E-state index in [-0.39, 0.29) is 5.91 Å². The molecule has 2 aromatic rings. The molecule has 0 atom stereocenters. The average molecular weight is 362 g/mol. The molecule has 8 heteroatoms. The summed E-state index contributed by atoms with van der Waals surface area (Å²) in [6, 6.07) is 6.15. The Hall–Kier alpha value is -2.45. The van der Waals surface area contributed by atoms with Crippen LogP contribution in [-0.4, -0.2) is 67.1 Å². The number of nitrogens with zero attached hydrogens (tertiary/aromatic N) is 3. The number of ether oxygens (including phenoxy) is 2. The minimum Gasteiger partial charge on any atom is -0.497 e. The highest BCUT2D eigenvalue weighted by atomic mass is 19.1. The monoisotopic (exact) mass is 362 g/mol. The number of benzene rings is 1. The van der Waals surface area contributed by atoms with Gasteiger partial charge >= 0.3 is 0 Å². The fourth-order valence-corrected chi connectivity index (χ4v) is 2.88. The fraction of sp³-hybridized carbons (Fsp3) is 0.444. The highest BCUT2D eigenvalue weighted by molar-refractivity contribution is 5.93. The SMILES string of the molecule is COc1ccc(-c2cc(C(=O)NCCN3CCOCC3)n(C)n2)c(F)c1. The van der Waals surface area contributed by atoms with Gasteiger partial charge in [-0.25, -0.2) is 4.39 Å². The van der Waals surface area contributed by atoms with E-state index < -0.39 is 5.82 Å². The van der Waals surface area contributed by atoms with Gasteiger partial charge in [-0.2, -0.15) is 5.10 Å². The molecule has 7 nitrogen and oxygen atoms in total. The van der Waals surface area contributed by atoms with Crippen molar-refractivity contribution in [3.05, 3.63) is 35.8 Å². The molecule has 1 aliphatic rings. The number of aryl methyl sites for hydroxylation is 1. The molecule has 1 aliphatic heterocycles. The first kappa shape index (κ1) is 18.3. The van der Waals surface area contributed by atoms with Gasteiger partial charge in [0.25, 0.3) is 5.91 Å². The van der Waals surface area contributed by atoms with Crippen LogP contribution in [0.25, 0.3) is 11.3 Å². The molecule has 1 amide bonds. The molecule has 0 bridgehead atoms. The number of amides is 1. The van der Waals surface area contributed by atoms with Crippen LogP contribution in [0.2, 0.25) is 0 Å². The van der Waals surface area contributed by atoms with Crippen molar-refractivity contribution in [2.75, 3.05) is 46.5 Å². The first-order valence-corrected chi connectivity index (χ1v) is 8.54. The van der Waals surface area contributed by atoms with E-state index in [1.165, 1.54) is 17.9 Å². The van der Waals surface area contributed by atoms with Gasteiger partial charge in [0, 0.05) is 44.9 Å². The van der Waals surface area contributed by atoms with Gasteiger partial charge in [0.1, 0.15) is 17.3 Å². The minimum atomic E-state index is -0.443. The lowest BCUT2D eigenvalue weighted by Gasteiger charge is -2.26. The summed E-state index contributed by atoms with van der Waals surface area (Å²) in [7, 11) is 3.15. The van der Waals surface area contributed by atoms with E-state index in [1.807, 2.05) is 0 Å². The Morgan fingerprint density at radius 1 is 1.35 bits per heavy atom. The van der Waals surface area contributed by atoms with E-state index in [9.17, 15) is 9.18 Å². The second-order valence-corrected chi connectivity index (χ2v) is 6.09. The van der Waals surface area contributed by atoms with Crippen LogP contribution in [0.15, 0.2) is 24.3 Å². The normalized spacial score (nSPS) is 15.0. The van der Waals surface area contributed by atoms with Gasteiger partial charge in [0.15, 0.2) is 0 Å². The van der Waals surface area contributed by atoms with E-state index in [2.05, 4.69) is 15.3 Å². The first-order chi connectivity index (χ1) is 12.6. The maximum atomic E-state index is 14.2. The smallest absolute Gasteiger partial charge is 0.269 e. The van der Waals surface area contributed by atoms with Gasteiger partial charge in [0.2, 0.25) is 0 Å². The maximum absolute atomic E-state index is 14.2. The Balaban J connectivity index is 1.64. The largest absolute Gasteiger partial charge is 0.497 e. The van der Waals surface area contributed by atoms with Gasteiger partial charge < -0.3 is 14.8 Å². The predicted molar refractivity (Wildman–Crippen MR) is 94.7 cm³/mol. The summed E-state index contributed by atoms with van der Waals surface area (Å²) in [5, 5.41) is 7.15. The van der Waals surface area contributed by atoms with Gasteiger partial charge in [0.05, 0.1) is 26.0 Å². The molecule has 1 aromatic heterocycles. The van der Waals surface area contributed by atoms with Crippen molar-refractivity contribution in [2.45, 2.75) is 0 Å². The second kappa shape index (κ2) is 8.29. The van der Waals surface area contributed by atoms with Crippen LogP contribution in [0.1, 0.15) is 10.5 Å². The minimum absolute atomic E-state index is 0.228. The quantitative estimate of drug-likeness (QED) is 0.839. The molecule has 0 spiro atoms. The lowest BCUT2D eigenvalue weighted by atomic mass is 10.1. The number of aromatic nitrogens is 2. The summed E-state index contributed by atoms with van der Waals surface area (Å²) < 4.78 is 26.0. The summed E-state index contributed by atoms with van der Waals surface area (Å²) >= 11 is 0. The van der Waals surface area contributed by atoms with E-state index in [0.717, 1.165) is 32.8 Å². The molecule has 0 unspecified atom stereocenters. The van der Waals surface area contributed by atoms with Crippen molar-refractivity contribution < 1.29 is 18.7 Å². The number of carbonyl (C=O) groups is 1. The summed E-state index contributed by atoms with van der Waals surface area (Å²) in [5.41, 5.74) is 1.12. The Bertz CT molecular complexity index is 772. The van der Waals surface area contributed by atoms with E-state index in [1.54, 1.807) is 25.2 Å². The van der Waals surface area contributed by atoms with Crippen molar-refractivity contribution in [3.63, 3.8) is 0 Å². The van der Waals surface area contributed by atoms with Crippen LogP contribution in [0.5, 0.6) is 5.75 Å². The van der Waals surface area contributed by atoms with Crippen LogP contribution in [-0.2, 0) is 11.8 Å². The molecule has 3 rings (SSSR count). The molecule has 1 saturated heterocycles. The zero-order valence-electron chi connectivity index (χ0n) is 15.0. The predicted octanol–water partition coefficient (Wildman–Crippen LogP) is 1.30. The molecule has 140 valence electrons. The molecule has 1 aromatic carbocycles. The lowest BCUT2D eigenvalue weighted by Crippen LogP contribution is -2.41. The Kier molecular flexibility index (Phi) is 5.85. The zero-order valence-corrected chi connectivity index (χ0v) is 15.0. The van der Waals surface area contributed by atoms with E-state index in [0.29, 0.717) is 29.2 Å². The first-order valence-electron chi connectivity index (χ1n) is 8.54. The number of methoxy groups -OCH3 is 1. The molecule has 1 fully saturated rings. The molecule has 2 heterocycles. The topological polar surface area (TPSA) is 68.6 Å². The van der Waals surface area contributed by atoms with Crippen LogP contribution in [0.4, 0.5) is 4.39 Å². The highest BCUT2D eigenvalue weighted by Gasteiger charge is 2.17. The third-order valence-electron chi connectivity index (χ3n) is 4.38. The number of morpholine rings is 1. The summed E-state index contributed by atoms with van der Waals surface area (Å²) in [4.78, 5) is 14.6. The molecule has 26 heavy (non-hydrogen) atoms. The average Bonchev–Trinajstić information content (AvgIpc) is 3.04. The zero-order chi connectivity index (χ0) is 18.5. The summed E-state index contributed by atoms with van der Waals surface area (Å²) in [5.74, 6) is -0.238. The maximum Gasteiger partial charge on any atom is 0.269 e. The molecular weight excluding hydrogens is 339 g/mol. The Morgan fingerprint density at radius 2 is 2.12 bits per heavy atom. The number of carbonyl (C=O) groups excluding carboxylic acids is 1. The van der Waals surface area contributed by atoms with Crippen LogP contribution in [0.3, 0.4) is 0 Å². The molecule has 0 saturated carbocycles. The standard InChI is InChI=1S/C18H23FN4O3/c1-22-17(18(24)20-5-6-23-7-9-26-10-8-23)12-16(21-22)14-4-3-13(25-2)11-15(14)19/h3-4,11-12H,5-10H2,1-2H3,(H,20,24). The summed E-state index contributed by atoms with van der Waals surface area (Å²) in [6.45, 7) is 4.52. The highest BCUT2D eigenvalue weighted by Crippen LogP contribution is 2.25. The van der Waals surface area contributed by atoms with Gasteiger partial charge in [-0.05, 0) is 18.2 Å². The van der Waals surface area contributed by atoms with Crippen molar-refractivity contribution in [1.29, 1.82) is 0 Å². The molecular formula is C18H23FN4O3. The van der Waals surface area contributed by atoms with Crippen LogP contribution < -0.4 is 10.1 Å². The molecule has 0 aliphatic carbocycles. The van der Waals surface area contributed by atoms with Gasteiger partial charge in [-0.3, -0.25) is 14.4 Å². The van der Waals surface area contributed by atoms with Gasteiger partial charge in [-0.15, -0.1) is 0 Å². The molecule has 1 N–H and O–H groups in total. The summed E-state index contributed by atoms with van der Waals surface area (Å²) in [6.07, 6.45) is 0. The third kappa shape index (κ3) is 4.20. The van der Waals surface area contributed by atoms with Crippen LogP contribution >= 0.6 is 0 Å². The number of nitrogens with one attached hydrogen (secondary N) is 1. The third-order valence-corrected chi connectivity index (χ3v) is 4.38. The van der Waals surface area contributed by atoms with Crippen molar-refractivity contribution in [1.82, 2.24) is 20.0 Å². The van der Waals surface area contributed by atoms with Crippen LogP contribution in [0, 0.1) is 5.82 Å². The Morgan fingerprint density at radius 3 is 2.81 bits per heavy atom. The van der Waals surface area contributed by atoms with Gasteiger partial charge in [-0.1, -0.05) is 0 Å². The fourth-order valence-electron chi connectivity index (χ4n) is 2.88. The molecule has 0 radical (unpaired) electrons. The number of halogens is 1. The number of rotatable bonds is 6. The lowest BCUT2D eigenvalue weighted by molar-refractivity contribution is 0.0383. The van der Waals surface area contributed by atoms with E-state index >= 15 is 0 Å². The Labute approximate surface area is 151 Å². The number of hydrogen-bond donors (Lipinski definition) is 1.